The summed E-state index contributed by atoms with van der Waals surface area (Å²) < 4.78 is 16.3. The molecule has 164 valence electrons. The molecule has 0 spiro atoms. The Hall–Kier alpha value is -1.46. The molecule has 1 aromatic carbocycles. The number of nitrogens with zero attached hydrogens (tertiary/aromatic N) is 1. The molecule has 1 saturated heterocycles. The number of rotatable bonds is 5. The summed E-state index contributed by atoms with van der Waals surface area (Å²) >= 11 is 0. The molecule has 9 heteroatoms. The Kier molecular flexibility index (Phi) is 5.87. The van der Waals surface area contributed by atoms with Crippen LogP contribution in [0.25, 0.3) is 0 Å². The molecule has 1 fully saturated rings. The minimum atomic E-state index is -3.86. The van der Waals surface area contributed by atoms with E-state index in [0.717, 1.165) is 37.1 Å². The zero-order chi connectivity index (χ0) is 21.6. The van der Waals surface area contributed by atoms with Crippen LogP contribution in [0.4, 0.5) is 0 Å². The molecule has 0 radical (unpaired) electrons. The lowest BCUT2D eigenvalue weighted by molar-refractivity contribution is -0.502. The van der Waals surface area contributed by atoms with Crippen LogP contribution < -0.4 is 9.47 Å². The molecule has 0 aliphatic carbocycles. The zero-order valence-electron chi connectivity index (χ0n) is 17.3. The Morgan fingerprint density at radius 3 is 2.28 bits per heavy atom. The Labute approximate surface area is 170 Å². The smallest absolute Gasteiger partial charge is 0.409 e. The molecule has 2 unspecified atom stereocenters. The average molecular weight is 413 g/mol. The van der Waals surface area contributed by atoms with Gasteiger partial charge in [0.2, 0.25) is 0 Å². The van der Waals surface area contributed by atoms with Gasteiger partial charge in [-0.3, -0.25) is 4.90 Å². The third-order valence-corrected chi connectivity index (χ3v) is 5.30. The molecule has 0 bridgehead atoms. The van der Waals surface area contributed by atoms with Crippen LogP contribution >= 0.6 is 0 Å². The maximum Gasteiger partial charge on any atom is 0.409 e. The van der Waals surface area contributed by atoms with Crippen molar-refractivity contribution >= 4 is 0 Å². The van der Waals surface area contributed by atoms with Crippen LogP contribution in [0.5, 0.6) is 11.5 Å². The lowest BCUT2D eigenvalue weighted by Gasteiger charge is -2.45. The normalized spacial score (nSPS) is 23.3. The second-order valence-corrected chi connectivity index (χ2v) is 8.74. The predicted molar refractivity (Wildman–Crippen MR) is 102 cm³/mol. The summed E-state index contributed by atoms with van der Waals surface area (Å²) in [4.78, 5) is 2.38. The van der Waals surface area contributed by atoms with Crippen LogP contribution in [-0.4, -0.2) is 74.3 Å². The van der Waals surface area contributed by atoms with Crippen LogP contribution in [0.3, 0.4) is 0 Å². The fourth-order valence-corrected chi connectivity index (χ4v) is 4.07. The first-order valence-electron chi connectivity index (χ1n) is 9.74. The Balaban J connectivity index is 1.83. The van der Waals surface area contributed by atoms with Crippen molar-refractivity contribution < 1.29 is 39.7 Å². The Morgan fingerprint density at radius 1 is 1.00 bits per heavy atom. The van der Waals surface area contributed by atoms with Crippen LogP contribution in [0.2, 0.25) is 0 Å². The number of hydrogen-bond acceptors (Lipinski definition) is 9. The van der Waals surface area contributed by atoms with Gasteiger partial charge in [-0.05, 0) is 63.3 Å². The van der Waals surface area contributed by atoms with Crippen molar-refractivity contribution in [1.29, 1.82) is 0 Å². The summed E-state index contributed by atoms with van der Waals surface area (Å²) in [6, 6.07) is 3.52. The standard InChI is InChI=1S/C20H31NO8/c1-18(2,3)28-13-5-6-15-14-10-16(27-4)17(29-20(25,26)19(22,23)24)9-12(14)7-8-21(15)11-13/h9-10,13,15,22-26H,5-8,11H2,1-4H3. The SMILES string of the molecule is COc1cc2c(cc1OC(O)(O)C(O)(O)O)CCN1CC(OC(C)(C)C)CCC21. The molecule has 2 atom stereocenters. The van der Waals surface area contributed by atoms with Gasteiger partial charge < -0.3 is 39.7 Å². The van der Waals surface area contributed by atoms with Crippen molar-refractivity contribution in [1.82, 2.24) is 4.90 Å². The van der Waals surface area contributed by atoms with Gasteiger partial charge in [0, 0.05) is 19.1 Å². The van der Waals surface area contributed by atoms with Gasteiger partial charge in [0.15, 0.2) is 11.5 Å². The molecule has 2 aliphatic rings. The molecule has 1 aromatic rings. The van der Waals surface area contributed by atoms with E-state index in [0.29, 0.717) is 6.42 Å². The molecular weight excluding hydrogens is 382 g/mol. The highest BCUT2D eigenvalue weighted by Gasteiger charge is 2.50. The summed E-state index contributed by atoms with van der Waals surface area (Å²) in [6.45, 7) is 7.80. The molecule has 9 nitrogen and oxygen atoms in total. The molecule has 5 N–H and O–H groups in total. The summed E-state index contributed by atoms with van der Waals surface area (Å²) in [5, 5.41) is 46.6. The summed E-state index contributed by atoms with van der Waals surface area (Å²) in [5.74, 6) is -7.42. The number of ether oxygens (including phenoxy) is 3. The second-order valence-electron chi connectivity index (χ2n) is 8.74. The summed E-state index contributed by atoms with van der Waals surface area (Å²) in [6.07, 6.45) is 2.71. The fourth-order valence-electron chi connectivity index (χ4n) is 4.07. The monoisotopic (exact) mass is 413 g/mol. The van der Waals surface area contributed by atoms with Crippen LogP contribution in [0, 0.1) is 0 Å². The number of piperidine rings is 1. The van der Waals surface area contributed by atoms with Crippen molar-refractivity contribution in [3.05, 3.63) is 23.3 Å². The molecule has 2 aliphatic heterocycles. The highest BCUT2D eigenvalue weighted by Crippen LogP contribution is 2.43. The maximum absolute atomic E-state index is 9.64. The summed E-state index contributed by atoms with van der Waals surface area (Å²) in [7, 11) is 1.39. The van der Waals surface area contributed by atoms with E-state index in [2.05, 4.69) is 25.7 Å². The van der Waals surface area contributed by atoms with Crippen molar-refractivity contribution in [2.75, 3.05) is 20.2 Å². The topological polar surface area (TPSA) is 132 Å². The maximum atomic E-state index is 9.64. The van der Waals surface area contributed by atoms with E-state index in [4.69, 9.17) is 29.5 Å². The van der Waals surface area contributed by atoms with Gasteiger partial charge in [-0.1, -0.05) is 0 Å². The highest BCUT2D eigenvalue weighted by molar-refractivity contribution is 5.50. The molecule has 0 aromatic heterocycles. The van der Waals surface area contributed by atoms with Crippen molar-refractivity contribution in [2.24, 2.45) is 0 Å². The highest BCUT2D eigenvalue weighted by atomic mass is 16.8. The first-order valence-corrected chi connectivity index (χ1v) is 9.74. The van der Waals surface area contributed by atoms with Crippen molar-refractivity contribution in [2.45, 2.75) is 69.7 Å². The minimum Gasteiger partial charge on any atom is -0.493 e. The first-order chi connectivity index (χ1) is 13.3. The van der Waals surface area contributed by atoms with Gasteiger partial charge >= 0.3 is 11.9 Å². The molecule has 29 heavy (non-hydrogen) atoms. The number of benzene rings is 1. The fraction of sp³-hybridized carbons (Fsp3) is 0.700. The zero-order valence-corrected chi connectivity index (χ0v) is 17.3. The number of fused-ring (bicyclic) bond motifs is 3. The van der Waals surface area contributed by atoms with Gasteiger partial charge in [-0.15, -0.1) is 0 Å². The predicted octanol–water partition coefficient (Wildman–Crippen LogP) is 0.220. The average Bonchev–Trinajstić information content (AvgIpc) is 2.58. The van der Waals surface area contributed by atoms with E-state index in [-0.39, 0.29) is 29.2 Å². The van der Waals surface area contributed by atoms with Crippen LogP contribution in [0.15, 0.2) is 12.1 Å². The molecule has 3 rings (SSSR count). The number of aliphatic hydroxyl groups is 5. The quantitative estimate of drug-likeness (QED) is 0.430. The van der Waals surface area contributed by atoms with E-state index in [1.807, 2.05) is 0 Å². The van der Waals surface area contributed by atoms with Gasteiger partial charge in [-0.25, -0.2) is 0 Å². The third kappa shape index (κ3) is 4.83. The molecular formula is C20H31NO8. The van der Waals surface area contributed by atoms with Gasteiger partial charge in [-0.2, -0.15) is 0 Å². The van der Waals surface area contributed by atoms with Gasteiger partial charge in [0.1, 0.15) is 0 Å². The van der Waals surface area contributed by atoms with Gasteiger partial charge in [0.25, 0.3) is 0 Å². The summed E-state index contributed by atoms with van der Waals surface area (Å²) in [5.41, 5.74) is 1.80. The second kappa shape index (κ2) is 7.66. The molecule has 2 heterocycles. The van der Waals surface area contributed by atoms with Crippen LogP contribution in [-0.2, 0) is 11.2 Å². The largest absolute Gasteiger partial charge is 0.493 e. The Morgan fingerprint density at radius 2 is 1.69 bits per heavy atom. The van der Waals surface area contributed by atoms with Crippen molar-refractivity contribution in [3.63, 3.8) is 0 Å². The first kappa shape index (κ1) is 22.2. The molecule has 0 saturated carbocycles. The van der Waals surface area contributed by atoms with E-state index < -0.39 is 11.9 Å². The van der Waals surface area contributed by atoms with E-state index in [1.54, 1.807) is 12.1 Å². The lowest BCUT2D eigenvalue weighted by Crippen LogP contribution is -2.58. The van der Waals surface area contributed by atoms with Crippen molar-refractivity contribution in [3.8, 4) is 11.5 Å². The minimum absolute atomic E-state index is 0.115. The molecule has 0 amide bonds. The van der Waals surface area contributed by atoms with E-state index in [9.17, 15) is 10.2 Å². The number of methoxy groups -OCH3 is 1. The van der Waals surface area contributed by atoms with E-state index in [1.165, 1.54) is 7.11 Å². The van der Waals surface area contributed by atoms with E-state index >= 15 is 0 Å². The Bertz CT molecular complexity index is 737. The van der Waals surface area contributed by atoms with Gasteiger partial charge in [0.05, 0.1) is 18.8 Å². The lowest BCUT2D eigenvalue weighted by atomic mass is 9.85. The van der Waals surface area contributed by atoms with Crippen LogP contribution in [0.1, 0.15) is 50.8 Å². The third-order valence-electron chi connectivity index (χ3n) is 5.30. The number of hydrogen-bond donors (Lipinski definition) is 5.